The lowest BCUT2D eigenvalue weighted by atomic mass is 10.1. The van der Waals surface area contributed by atoms with Crippen LogP contribution in [0.4, 0.5) is 0 Å². The summed E-state index contributed by atoms with van der Waals surface area (Å²) in [4.78, 5) is 20.8. The summed E-state index contributed by atoms with van der Waals surface area (Å²) in [5.74, 6) is -0.465. The zero-order valence-corrected chi connectivity index (χ0v) is 6.99. The Balaban J connectivity index is 2.79. The number of nitrogens with one attached hydrogen (secondary N) is 1. The first-order valence-electron chi connectivity index (χ1n) is 3.80. The summed E-state index contributed by atoms with van der Waals surface area (Å²) in [7, 11) is 0. The van der Waals surface area contributed by atoms with E-state index in [1.165, 1.54) is 0 Å². The molecule has 3 N–H and O–H groups in total. The molecule has 0 atom stereocenters. The average molecular weight is 178 g/mol. The van der Waals surface area contributed by atoms with Crippen LogP contribution in [0.1, 0.15) is 15.9 Å². The van der Waals surface area contributed by atoms with Gasteiger partial charge in [-0.05, 0) is 17.7 Å². The van der Waals surface area contributed by atoms with Gasteiger partial charge in [-0.2, -0.15) is 0 Å². The predicted molar refractivity (Wildman–Crippen MR) is 47.9 cm³/mol. The molecule has 0 aliphatic heterocycles. The van der Waals surface area contributed by atoms with Crippen LogP contribution in [0.25, 0.3) is 0 Å². The molecule has 0 spiro atoms. The first kappa shape index (κ1) is 9.25. The zero-order valence-electron chi connectivity index (χ0n) is 6.99. The van der Waals surface area contributed by atoms with Crippen molar-refractivity contribution >= 4 is 12.3 Å². The fraction of sp³-hybridized carbons (Fsp3) is 0.111. The Labute approximate surface area is 75.7 Å². The maximum absolute atomic E-state index is 10.8. The molecule has 1 aromatic rings. The van der Waals surface area contributed by atoms with Crippen LogP contribution in [-0.4, -0.2) is 12.3 Å². The molecule has 0 aromatic heterocycles. The predicted octanol–water partition coefficient (Wildman–Crippen LogP) is 0.0315. The van der Waals surface area contributed by atoms with Gasteiger partial charge in [-0.15, -0.1) is 0 Å². The summed E-state index contributed by atoms with van der Waals surface area (Å²) in [6.45, 7) is 0.407. The second kappa shape index (κ2) is 4.25. The van der Waals surface area contributed by atoms with Crippen LogP contribution in [0.5, 0.6) is 0 Å². The molecule has 68 valence electrons. The highest BCUT2D eigenvalue weighted by Crippen LogP contribution is 2.03. The molecule has 1 aromatic carbocycles. The highest BCUT2D eigenvalue weighted by molar-refractivity contribution is 5.92. The van der Waals surface area contributed by atoms with E-state index < -0.39 is 5.91 Å². The number of carbonyl (C=O) groups excluding carboxylic acids is 2. The van der Waals surface area contributed by atoms with E-state index >= 15 is 0 Å². The summed E-state index contributed by atoms with van der Waals surface area (Å²) in [6, 6.07) is 6.82. The molecule has 0 unspecified atom stereocenters. The molecule has 0 saturated carbocycles. The normalized spacial score (nSPS) is 9.23. The van der Waals surface area contributed by atoms with E-state index in [-0.39, 0.29) is 0 Å². The zero-order chi connectivity index (χ0) is 9.68. The third-order valence-electron chi connectivity index (χ3n) is 1.60. The van der Waals surface area contributed by atoms with Crippen molar-refractivity contribution in [1.82, 2.24) is 5.32 Å². The molecule has 4 heteroatoms. The van der Waals surface area contributed by atoms with Crippen LogP contribution in [0.3, 0.4) is 0 Å². The first-order chi connectivity index (χ1) is 6.24. The van der Waals surface area contributed by atoms with Gasteiger partial charge in [0.05, 0.1) is 0 Å². The third-order valence-corrected chi connectivity index (χ3v) is 1.60. The smallest absolute Gasteiger partial charge is 0.248 e. The van der Waals surface area contributed by atoms with Gasteiger partial charge in [-0.1, -0.05) is 12.1 Å². The molecule has 2 amide bonds. The fourth-order valence-corrected chi connectivity index (χ4v) is 0.994. The molecule has 0 saturated heterocycles. The maximum Gasteiger partial charge on any atom is 0.248 e. The highest BCUT2D eigenvalue weighted by atomic mass is 16.1. The number of benzene rings is 1. The molecule has 0 bridgehead atoms. The molecular weight excluding hydrogens is 168 g/mol. The van der Waals surface area contributed by atoms with E-state index in [4.69, 9.17) is 5.73 Å². The van der Waals surface area contributed by atoms with Gasteiger partial charge in [-0.25, -0.2) is 0 Å². The Hall–Kier alpha value is -1.84. The summed E-state index contributed by atoms with van der Waals surface area (Å²) in [6.07, 6.45) is 0.608. The lowest BCUT2D eigenvalue weighted by Gasteiger charge is -2.01. The molecule has 13 heavy (non-hydrogen) atoms. The van der Waals surface area contributed by atoms with Gasteiger partial charge in [0.2, 0.25) is 12.3 Å². The van der Waals surface area contributed by atoms with E-state index in [2.05, 4.69) is 5.32 Å². The van der Waals surface area contributed by atoms with Gasteiger partial charge in [0, 0.05) is 12.1 Å². The molecule has 4 nitrogen and oxygen atoms in total. The van der Waals surface area contributed by atoms with Crippen LogP contribution in [-0.2, 0) is 11.3 Å². The van der Waals surface area contributed by atoms with Gasteiger partial charge in [0.1, 0.15) is 0 Å². The number of carbonyl (C=O) groups is 2. The highest BCUT2D eigenvalue weighted by Gasteiger charge is 1.99. The van der Waals surface area contributed by atoms with Crippen molar-refractivity contribution in [2.75, 3.05) is 0 Å². The molecular formula is C9H10N2O2. The van der Waals surface area contributed by atoms with Gasteiger partial charge in [0.15, 0.2) is 0 Å². The molecule has 0 heterocycles. The van der Waals surface area contributed by atoms with Crippen LogP contribution in [0.2, 0.25) is 0 Å². The summed E-state index contributed by atoms with van der Waals surface area (Å²) in [5, 5.41) is 2.50. The number of hydrogen-bond acceptors (Lipinski definition) is 2. The van der Waals surface area contributed by atoms with Crippen LogP contribution in [0.15, 0.2) is 24.3 Å². The Bertz CT molecular complexity index is 323. The Kier molecular flexibility index (Phi) is 3.03. The quantitative estimate of drug-likeness (QED) is 0.638. The third kappa shape index (κ3) is 2.59. The largest absolute Gasteiger partial charge is 0.366 e. The summed E-state index contributed by atoms with van der Waals surface area (Å²) >= 11 is 0. The Morgan fingerprint density at radius 2 is 2.31 bits per heavy atom. The van der Waals surface area contributed by atoms with Crippen molar-refractivity contribution in [3.8, 4) is 0 Å². The van der Waals surface area contributed by atoms with Gasteiger partial charge in [-0.3, -0.25) is 9.59 Å². The summed E-state index contributed by atoms with van der Waals surface area (Å²) < 4.78 is 0. The van der Waals surface area contributed by atoms with Crippen molar-refractivity contribution in [2.24, 2.45) is 5.73 Å². The lowest BCUT2D eigenvalue weighted by Crippen LogP contribution is -2.13. The van der Waals surface area contributed by atoms with Gasteiger partial charge >= 0.3 is 0 Å². The van der Waals surface area contributed by atoms with Crippen molar-refractivity contribution in [3.05, 3.63) is 35.4 Å². The Morgan fingerprint density at radius 3 is 2.92 bits per heavy atom. The van der Waals surface area contributed by atoms with Crippen LogP contribution in [0, 0.1) is 0 Å². The number of rotatable bonds is 4. The van der Waals surface area contributed by atoms with E-state index in [1.807, 2.05) is 6.07 Å². The Morgan fingerprint density at radius 1 is 1.54 bits per heavy atom. The van der Waals surface area contributed by atoms with Crippen molar-refractivity contribution in [3.63, 3.8) is 0 Å². The van der Waals surface area contributed by atoms with E-state index in [0.717, 1.165) is 5.56 Å². The second-order valence-electron chi connectivity index (χ2n) is 2.56. The van der Waals surface area contributed by atoms with Gasteiger partial charge in [0.25, 0.3) is 0 Å². The topological polar surface area (TPSA) is 72.2 Å². The maximum atomic E-state index is 10.8. The van der Waals surface area contributed by atoms with Crippen molar-refractivity contribution in [2.45, 2.75) is 6.54 Å². The van der Waals surface area contributed by atoms with E-state index in [9.17, 15) is 9.59 Å². The number of hydrogen-bond donors (Lipinski definition) is 2. The molecule has 0 radical (unpaired) electrons. The minimum Gasteiger partial charge on any atom is -0.366 e. The lowest BCUT2D eigenvalue weighted by molar-refractivity contribution is -0.109. The minimum absolute atomic E-state index is 0.407. The number of nitrogens with two attached hydrogens (primary N) is 1. The summed E-state index contributed by atoms with van der Waals surface area (Å²) in [5.41, 5.74) is 6.38. The average Bonchev–Trinajstić information content (AvgIpc) is 2.15. The SMILES string of the molecule is NC(=O)c1cccc(CNC=O)c1. The van der Waals surface area contributed by atoms with Crippen molar-refractivity contribution < 1.29 is 9.59 Å². The number of primary amides is 1. The molecule has 0 aliphatic carbocycles. The number of amides is 2. The van der Waals surface area contributed by atoms with E-state index in [0.29, 0.717) is 18.5 Å². The van der Waals surface area contributed by atoms with Gasteiger partial charge < -0.3 is 11.1 Å². The standard InChI is InChI=1S/C9H10N2O2/c10-9(13)8-3-1-2-7(4-8)5-11-6-12/h1-4,6H,5H2,(H2,10,13)(H,11,12). The minimum atomic E-state index is -0.465. The van der Waals surface area contributed by atoms with Crippen LogP contribution >= 0.6 is 0 Å². The first-order valence-corrected chi connectivity index (χ1v) is 3.80. The molecule has 0 fully saturated rings. The van der Waals surface area contributed by atoms with Crippen molar-refractivity contribution in [1.29, 1.82) is 0 Å². The molecule has 1 rings (SSSR count). The molecule has 0 aliphatic rings. The van der Waals surface area contributed by atoms with Crippen LogP contribution < -0.4 is 11.1 Å². The second-order valence-corrected chi connectivity index (χ2v) is 2.56. The van der Waals surface area contributed by atoms with E-state index in [1.54, 1.807) is 18.2 Å². The monoisotopic (exact) mass is 178 g/mol. The fourth-order valence-electron chi connectivity index (χ4n) is 0.994.